The van der Waals surface area contributed by atoms with E-state index in [1.165, 1.54) is 12.0 Å². The molecule has 0 unspecified atom stereocenters. The molecule has 0 spiro atoms. The Morgan fingerprint density at radius 3 is 3.19 bits per heavy atom. The van der Waals surface area contributed by atoms with Crippen molar-refractivity contribution in [2.45, 2.75) is 25.1 Å². The number of likely N-dealkylation sites (tertiary alicyclic amines) is 1. The lowest BCUT2D eigenvalue weighted by atomic mass is 10.2. The van der Waals surface area contributed by atoms with Crippen molar-refractivity contribution in [1.29, 1.82) is 0 Å². The maximum Gasteiger partial charge on any atom is 0.323 e. The van der Waals surface area contributed by atoms with Crippen molar-refractivity contribution >= 4 is 17.3 Å². The quantitative estimate of drug-likeness (QED) is 0.797. The molecular weight excluding hydrogens is 226 g/mol. The standard InChI is InChI=1S/C11H15NO3S/c1-15-11(14)10-5-8(13)6-12(10)7-9-3-2-4-16-9/h2-4,8,10,13H,5-7H2,1H3/t8-,10-/m0/s1. The topological polar surface area (TPSA) is 49.8 Å². The number of methoxy groups -OCH3 is 1. The molecule has 16 heavy (non-hydrogen) atoms. The summed E-state index contributed by atoms with van der Waals surface area (Å²) in [6.45, 7) is 1.24. The van der Waals surface area contributed by atoms with Gasteiger partial charge in [-0.05, 0) is 11.4 Å². The summed E-state index contributed by atoms with van der Waals surface area (Å²) < 4.78 is 4.74. The van der Waals surface area contributed by atoms with Gasteiger partial charge in [0, 0.05) is 24.4 Å². The molecular formula is C11H15NO3S. The van der Waals surface area contributed by atoms with E-state index in [1.54, 1.807) is 11.3 Å². The number of carbonyl (C=O) groups is 1. The van der Waals surface area contributed by atoms with Crippen molar-refractivity contribution in [2.24, 2.45) is 0 Å². The van der Waals surface area contributed by atoms with Crippen LogP contribution in [0.4, 0.5) is 0 Å². The summed E-state index contributed by atoms with van der Waals surface area (Å²) in [5.41, 5.74) is 0. The SMILES string of the molecule is COC(=O)[C@@H]1C[C@H](O)CN1Cc1cccs1. The van der Waals surface area contributed by atoms with Crippen LogP contribution in [0, 0.1) is 0 Å². The van der Waals surface area contributed by atoms with E-state index < -0.39 is 6.10 Å². The van der Waals surface area contributed by atoms with Crippen molar-refractivity contribution in [3.05, 3.63) is 22.4 Å². The lowest BCUT2D eigenvalue weighted by Crippen LogP contribution is -2.36. The van der Waals surface area contributed by atoms with E-state index in [4.69, 9.17) is 4.74 Å². The Labute approximate surface area is 98.4 Å². The first-order valence-electron chi connectivity index (χ1n) is 5.23. The van der Waals surface area contributed by atoms with Crippen LogP contribution in [-0.2, 0) is 16.1 Å². The number of β-amino-alcohol motifs (C(OH)–C–C–N with tert-alkyl or cyclic N) is 1. The third-order valence-corrected chi connectivity index (χ3v) is 3.65. The average molecular weight is 241 g/mol. The van der Waals surface area contributed by atoms with Gasteiger partial charge in [0.25, 0.3) is 0 Å². The van der Waals surface area contributed by atoms with Crippen molar-refractivity contribution in [3.8, 4) is 0 Å². The molecule has 1 fully saturated rings. The fraction of sp³-hybridized carbons (Fsp3) is 0.545. The van der Waals surface area contributed by atoms with Crippen LogP contribution in [-0.4, -0.2) is 41.8 Å². The molecule has 1 aliphatic rings. The van der Waals surface area contributed by atoms with Gasteiger partial charge in [0.15, 0.2) is 0 Å². The first-order chi connectivity index (χ1) is 7.70. The average Bonchev–Trinajstić information content (AvgIpc) is 2.88. The van der Waals surface area contributed by atoms with Gasteiger partial charge in [-0.3, -0.25) is 9.69 Å². The molecule has 1 N–H and O–H groups in total. The minimum absolute atomic E-state index is 0.256. The van der Waals surface area contributed by atoms with Crippen LogP contribution >= 0.6 is 11.3 Å². The molecule has 4 nitrogen and oxygen atoms in total. The molecule has 0 bridgehead atoms. The number of ether oxygens (including phenoxy) is 1. The van der Waals surface area contributed by atoms with Crippen molar-refractivity contribution in [3.63, 3.8) is 0 Å². The molecule has 88 valence electrons. The Morgan fingerprint density at radius 1 is 1.75 bits per heavy atom. The fourth-order valence-corrected chi connectivity index (χ4v) is 2.77. The summed E-state index contributed by atoms with van der Waals surface area (Å²) >= 11 is 1.66. The summed E-state index contributed by atoms with van der Waals surface area (Å²) in [5.74, 6) is -0.256. The van der Waals surface area contributed by atoms with E-state index in [-0.39, 0.29) is 12.0 Å². The number of aliphatic hydroxyl groups excluding tert-OH is 1. The van der Waals surface area contributed by atoms with Crippen LogP contribution < -0.4 is 0 Å². The summed E-state index contributed by atoms with van der Waals surface area (Å²) in [6, 6.07) is 3.71. The van der Waals surface area contributed by atoms with Crippen LogP contribution in [0.5, 0.6) is 0 Å². The predicted molar refractivity (Wildman–Crippen MR) is 61.2 cm³/mol. The maximum atomic E-state index is 11.5. The normalized spacial score (nSPS) is 25.9. The Balaban J connectivity index is 2.04. The third kappa shape index (κ3) is 2.42. The van der Waals surface area contributed by atoms with Gasteiger partial charge in [0.1, 0.15) is 6.04 Å². The minimum Gasteiger partial charge on any atom is -0.468 e. The van der Waals surface area contributed by atoms with E-state index in [0.717, 1.165) is 0 Å². The van der Waals surface area contributed by atoms with Gasteiger partial charge in [-0.1, -0.05) is 6.07 Å². The summed E-state index contributed by atoms with van der Waals surface area (Å²) in [5, 5.41) is 11.6. The molecule has 0 aliphatic carbocycles. The van der Waals surface area contributed by atoms with Gasteiger partial charge < -0.3 is 9.84 Å². The molecule has 2 heterocycles. The monoisotopic (exact) mass is 241 g/mol. The molecule has 2 rings (SSSR count). The van der Waals surface area contributed by atoms with Crippen LogP contribution in [0.3, 0.4) is 0 Å². The third-order valence-electron chi connectivity index (χ3n) is 2.79. The van der Waals surface area contributed by atoms with Crippen molar-refractivity contribution in [2.75, 3.05) is 13.7 Å². The van der Waals surface area contributed by atoms with Crippen LogP contribution in [0.15, 0.2) is 17.5 Å². The highest BCUT2D eigenvalue weighted by Crippen LogP contribution is 2.23. The first kappa shape index (κ1) is 11.6. The number of thiophene rings is 1. The highest BCUT2D eigenvalue weighted by molar-refractivity contribution is 7.09. The van der Waals surface area contributed by atoms with Gasteiger partial charge in [0.05, 0.1) is 13.2 Å². The summed E-state index contributed by atoms with van der Waals surface area (Å²) in [6.07, 6.45) is 0.0435. The van der Waals surface area contributed by atoms with E-state index in [1.807, 2.05) is 22.4 Å². The largest absolute Gasteiger partial charge is 0.468 e. The van der Waals surface area contributed by atoms with Crippen molar-refractivity contribution in [1.82, 2.24) is 4.90 Å². The zero-order chi connectivity index (χ0) is 11.5. The zero-order valence-electron chi connectivity index (χ0n) is 9.13. The Kier molecular flexibility index (Phi) is 3.58. The lowest BCUT2D eigenvalue weighted by Gasteiger charge is -2.20. The van der Waals surface area contributed by atoms with Gasteiger partial charge in [0.2, 0.25) is 0 Å². The smallest absolute Gasteiger partial charge is 0.323 e. The first-order valence-corrected chi connectivity index (χ1v) is 6.11. The van der Waals surface area contributed by atoms with E-state index in [0.29, 0.717) is 19.5 Å². The Bertz CT molecular complexity index is 352. The van der Waals surface area contributed by atoms with Crippen LogP contribution in [0.25, 0.3) is 0 Å². The molecule has 1 saturated heterocycles. The molecule has 5 heteroatoms. The number of carbonyl (C=O) groups excluding carboxylic acids is 1. The molecule has 1 aromatic heterocycles. The number of hydrogen-bond acceptors (Lipinski definition) is 5. The fourth-order valence-electron chi connectivity index (χ4n) is 2.04. The molecule has 1 aliphatic heterocycles. The number of esters is 1. The second-order valence-electron chi connectivity index (χ2n) is 3.94. The minimum atomic E-state index is -0.427. The van der Waals surface area contributed by atoms with Gasteiger partial charge in [-0.25, -0.2) is 0 Å². The second-order valence-corrected chi connectivity index (χ2v) is 4.97. The highest BCUT2D eigenvalue weighted by atomic mass is 32.1. The highest BCUT2D eigenvalue weighted by Gasteiger charge is 2.36. The predicted octanol–water partition coefficient (Wildman–Crippen LogP) is 0.856. The summed E-state index contributed by atoms with van der Waals surface area (Å²) in [7, 11) is 1.39. The molecule has 0 saturated carbocycles. The molecule has 0 radical (unpaired) electrons. The number of hydrogen-bond donors (Lipinski definition) is 1. The molecule has 1 aromatic rings. The van der Waals surface area contributed by atoms with Crippen LogP contribution in [0.1, 0.15) is 11.3 Å². The zero-order valence-corrected chi connectivity index (χ0v) is 9.94. The number of aliphatic hydroxyl groups is 1. The van der Waals surface area contributed by atoms with Gasteiger partial charge in [-0.2, -0.15) is 0 Å². The molecule has 0 aromatic carbocycles. The van der Waals surface area contributed by atoms with Gasteiger partial charge in [-0.15, -0.1) is 11.3 Å². The Morgan fingerprint density at radius 2 is 2.56 bits per heavy atom. The Hall–Kier alpha value is -0.910. The molecule has 2 atom stereocenters. The van der Waals surface area contributed by atoms with Crippen molar-refractivity contribution < 1.29 is 14.6 Å². The second kappa shape index (κ2) is 4.95. The van der Waals surface area contributed by atoms with Crippen LogP contribution in [0.2, 0.25) is 0 Å². The van der Waals surface area contributed by atoms with E-state index in [9.17, 15) is 9.90 Å². The lowest BCUT2D eigenvalue weighted by molar-refractivity contribution is -0.146. The number of rotatable bonds is 3. The molecule has 0 amide bonds. The number of nitrogens with zero attached hydrogens (tertiary/aromatic N) is 1. The summed E-state index contributed by atoms with van der Waals surface area (Å²) in [4.78, 5) is 14.7. The van der Waals surface area contributed by atoms with Gasteiger partial charge >= 0.3 is 5.97 Å². The van der Waals surface area contributed by atoms with E-state index in [2.05, 4.69) is 0 Å². The maximum absolute atomic E-state index is 11.5. The van der Waals surface area contributed by atoms with E-state index >= 15 is 0 Å².